The minimum atomic E-state index is -3.48. The van der Waals surface area contributed by atoms with Gasteiger partial charge in [-0.25, -0.2) is 19.2 Å². The van der Waals surface area contributed by atoms with Crippen LogP contribution in [0.4, 0.5) is 5.82 Å². The van der Waals surface area contributed by atoms with Crippen LogP contribution in [0.15, 0.2) is 23.2 Å². The number of anilines is 1. The lowest BCUT2D eigenvalue weighted by atomic mass is 9.87. The number of hydrogen-bond acceptors (Lipinski definition) is 5. The van der Waals surface area contributed by atoms with Crippen molar-refractivity contribution in [1.29, 1.82) is 0 Å². The van der Waals surface area contributed by atoms with E-state index >= 15 is 0 Å². The highest BCUT2D eigenvalue weighted by molar-refractivity contribution is 7.89. The van der Waals surface area contributed by atoms with Gasteiger partial charge in [0.1, 0.15) is 10.7 Å². The molecule has 0 amide bonds. The summed E-state index contributed by atoms with van der Waals surface area (Å²) in [7, 11) is -1.82. The van der Waals surface area contributed by atoms with E-state index in [1.165, 1.54) is 16.6 Å². The van der Waals surface area contributed by atoms with Gasteiger partial charge in [0.05, 0.1) is 0 Å². The Bertz CT molecular complexity index is 536. The predicted molar refractivity (Wildman–Crippen MR) is 78.4 cm³/mol. The molecule has 1 aromatic heterocycles. The van der Waals surface area contributed by atoms with Crippen molar-refractivity contribution in [2.75, 3.05) is 12.5 Å². The van der Waals surface area contributed by atoms with Gasteiger partial charge in [-0.2, -0.15) is 4.31 Å². The number of hydrazine groups is 1. The van der Waals surface area contributed by atoms with Gasteiger partial charge in [0.2, 0.25) is 10.0 Å². The molecule has 1 aliphatic carbocycles. The van der Waals surface area contributed by atoms with Crippen molar-refractivity contribution in [3.63, 3.8) is 0 Å². The molecule has 0 saturated heterocycles. The van der Waals surface area contributed by atoms with Gasteiger partial charge in [0.15, 0.2) is 0 Å². The third-order valence-electron chi connectivity index (χ3n) is 4.06. The number of rotatable bonds is 4. The molecule has 7 heteroatoms. The van der Waals surface area contributed by atoms with Crippen LogP contribution in [0.25, 0.3) is 0 Å². The minimum absolute atomic E-state index is 0.0866. The second-order valence-electron chi connectivity index (χ2n) is 5.46. The third kappa shape index (κ3) is 3.11. The summed E-state index contributed by atoms with van der Waals surface area (Å²) in [4.78, 5) is 4.17. The molecule has 1 aromatic rings. The zero-order valence-corrected chi connectivity index (χ0v) is 12.7. The highest BCUT2D eigenvalue weighted by atomic mass is 32.2. The number of nitrogen functional groups attached to an aromatic ring is 1. The first-order valence-electron chi connectivity index (χ1n) is 6.86. The van der Waals surface area contributed by atoms with Crippen LogP contribution in [0.3, 0.4) is 0 Å². The summed E-state index contributed by atoms with van der Waals surface area (Å²) in [6.07, 6.45) is 5.35. The standard InChI is InChI=1S/C13H22N4O2S/c1-10-3-5-11(6-4-10)17(2)20(18,19)12-7-8-13(16-14)15-9-12/h7-11H,3-6,14H2,1-2H3,(H,15,16). The summed E-state index contributed by atoms with van der Waals surface area (Å²) in [5.74, 6) is 6.36. The average molecular weight is 298 g/mol. The number of nitrogens with two attached hydrogens (primary N) is 1. The van der Waals surface area contributed by atoms with Crippen molar-refractivity contribution in [3.05, 3.63) is 18.3 Å². The molecule has 0 aromatic carbocycles. The van der Waals surface area contributed by atoms with Crippen molar-refractivity contribution < 1.29 is 8.42 Å². The fourth-order valence-corrected chi connectivity index (χ4v) is 3.95. The Kier molecular flexibility index (Phi) is 4.62. The Morgan fingerprint density at radius 3 is 2.45 bits per heavy atom. The van der Waals surface area contributed by atoms with Crippen molar-refractivity contribution in [3.8, 4) is 0 Å². The summed E-state index contributed by atoms with van der Waals surface area (Å²) in [6.45, 7) is 2.22. The fourth-order valence-electron chi connectivity index (χ4n) is 2.59. The molecular weight excluding hydrogens is 276 g/mol. The SMILES string of the molecule is CC1CCC(N(C)S(=O)(=O)c2ccc(NN)nc2)CC1. The normalized spacial score (nSPS) is 23.8. The smallest absolute Gasteiger partial charge is 0.244 e. The van der Waals surface area contributed by atoms with Gasteiger partial charge in [-0.1, -0.05) is 6.92 Å². The zero-order chi connectivity index (χ0) is 14.8. The molecule has 1 aliphatic rings. The Hall–Kier alpha value is -1.18. The van der Waals surface area contributed by atoms with Crippen LogP contribution >= 0.6 is 0 Å². The van der Waals surface area contributed by atoms with Crippen LogP contribution in [0.1, 0.15) is 32.6 Å². The molecule has 0 aliphatic heterocycles. The average Bonchev–Trinajstić information content (AvgIpc) is 2.47. The van der Waals surface area contributed by atoms with Crippen LogP contribution in [0, 0.1) is 5.92 Å². The summed E-state index contributed by atoms with van der Waals surface area (Å²) < 4.78 is 26.6. The van der Waals surface area contributed by atoms with Gasteiger partial charge >= 0.3 is 0 Å². The molecule has 0 spiro atoms. The van der Waals surface area contributed by atoms with E-state index in [0.717, 1.165) is 25.7 Å². The Morgan fingerprint density at radius 1 is 1.30 bits per heavy atom. The molecule has 0 radical (unpaired) electrons. The molecule has 1 saturated carbocycles. The van der Waals surface area contributed by atoms with Gasteiger partial charge < -0.3 is 5.43 Å². The lowest BCUT2D eigenvalue weighted by Crippen LogP contribution is -2.39. The van der Waals surface area contributed by atoms with E-state index < -0.39 is 10.0 Å². The van der Waals surface area contributed by atoms with E-state index in [9.17, 15) is 8.42 Å². The third-order valence-corrected chi connectivity index (χ3v) is 5.95. The molecule has 112 valence electrons. The maximum Gasteiger partial charge on any atom is 0.244 e. The van der Waals surface area contributed by atoms with Crippen molar-refractivity contribution >= 4 is 15.8 Å². The summed E-state index contributed by atoms with van der Waals surface area (Å²) in [5.41, 5.74) is 2.38. The molecule has 6 nitrogen and oxygen atoms in total. The number of hydrogen-bond donors (Lipinski definition) is 2. The summed E-state index contributed by atoms with van der Waals surface area (Å²) >= 11 is 0. The molecule has 0 unspecified atom stereocenters. The Balaban J connectivity index is 2.16. The first-order valence-corrected chi connectivity index (χ1v) is 8.30. The van der Waals surface area contributed by atoms with Gasteiger partial charge in [-0.05, 0) is 43.7 Å². The molecule has 1 heterocycles. The van der Waals surface area contributed by atoms with Gasteiger partial charge in [-0.3, -0.25) is 0 Å². The van der Waals surface area contributed by atoms with Crippen LogP contribution in [0.5, 0.6) is 0 Å². The van der Waals surface area contributed by atoms with Crippen LogP contribution in [-0.2, 0) is 10.0 Å². The van der Waals surface area contributed by atoms with Crippen LogP contribution in [0.2, 0.25) is 0 Å². The van der Waals surface area contributed by atoms with E-state index in [2.05, 4.69) is 17.3 Å². The monoisotopic (exact) mass is 298 g/mol. The molecule has 3 N–H and O–H groups in total. The number of sulfonamides is 1. The lowest BCUT2D eigenvalue weighted by Gasteiger charge is -2.32. The van der Waals surface area contributed by atoms with Gasteiger partial charge in [0, 0.05) is 19.3 Å². The van der Waals surface area contributed by atoms with E-state index in [-0.39, 0.29) is 10.9 Å². The fraction of sp³-hybridized carbons (Fsp3) is 0.615. The lowest BCUT2D eigenvalue weighted by molar-refractivity contribution is 0.246. The summed E-state index contributed by atoms with van der Waals surface area (Å²) in [5, 5.41) is 0. The number of nitrogens with zero attached hydrogens (tertiary/aromatic N) is 2. The second kappa shape index (κ2) is 6.07. The van der Waals surface area contributed by atoms with Crippen LogP contribution in [-0.4, -0.2) is 30.8 Å². The maximum atomic E-state index is 12.5. The largest absolute Gasteiger partial charge is 0.308 e. The quantitative estimate of drug-likeness (QED) is 0.650. The van der Waals surface area contributed by atoms with Crippen molar-refractivity contribution in [1.82, 2.24) is 9.29 Å². The van der Waals surface area contributed by atoms with Crippen LogP contribution < -0.4 is 11.3 Å². The van der Waals surface area contributed by atoms with E-state index in [1.807, 2.05) is 0 Å². The topological polar surface area (TPSA) is 88.3 Å². The first-order chi connectivity index (χ1) is 9.45. The second-order valence-corrected chi connectivity index (χ2v) is 7.46. The summed E-state index contributed by atoms with van der Waals surface area (Å²) in [6, 6.07) is 3.17. The number of nitrogens with one attached hydrogen (secondary N) is 1. The zero-order valence-electron chi connectivity index (χ0n) is 11.9. The number of aromatic nitrogens is 1. The minimum Gasteiger partial charge on any atom is -0.308 e. The van der Waals surface area contributed by atoms with Gasteiger partial charge in [0.25, 0.3) is 0 Å². The van der Waals surface area contributed by atoms with Gasteiger partial charge in [-0.15, -0.1) is 0 Å². The van der Waals surface area contributed by atoms with Crippen molar-refractivity contribution in [2.45, 2.75) is 43.5 Å². The molecule has 20 heavy (non-hydrogen) atoms. The van der Waals surface area contributed by atoms with E-state index in [4.69, 9.17) is 5.84 Å². The Labute approximate surface area is 120 Å². The number of pyridine rings is 1. The van der Waals surface area contributed by atoms with E-state index in [1.54, 1.807) is 13.1 Å². The molecular formula is C13H22N4O2S. The molecule has 0 atom stereocenters. The highest BCUT2D eigenvalue weighted by Gasteiger charge is 2.30. The van der Waals surface area contributed by atoms with Crippen molar-refractivity contribution in [2.24, 2.45) is 11.8 Å². The molecule has 0 bridgehead atoms. The Morgan fingerprint density at radius 2 is 1.95 bits per heavy atom. The molecule has 2 rings (SSSR count). The highest BCUT2D eigenvalue weighted by Crippen LogP contribution is 2.29. The predicted octanol–water partition coefficient (Wildman–Crippen LogP) is 1.57. The van der Waals surface area contributed by atoms with E-state index in [0.29, 0.717) is 11.7 Å². The first kappa shape index (κ1) is 15.2. The molecule has 1 fully saturated rings. The maximum absolute atomic E-state index is 12.5.